The summed E-state index contributed by atoms with van der Waals surface area (Å²) in [5.74, 6) is -0.877. The Morgan fingerprint density at radius 1 is 1.26 bits per heavy atom. The number of carbonyl (C=O) groups is 2. The van der Waals surface area contributed by atoms with Crippen LogP contribution >= 0.6 is 0 Å². The van der Waals surface area contributed by atoms with Gasteiger partial charge < -0.3 is 19.9 Å². The number of nitrogens with zero attached hydrogens (tertiary/aromatic N) is 1. The SMILES string of the molecule is COc1ccc(C)cc1NC(=O)/C(C#N)=C/c1cccc(OCC(=O)O)c1. The molecule has 138 valence electrons. The molecule has 0 aromatic heterocycles. The van der Waals surface area contributed by atoms with Crippen LogP contribution in [0.1, 0.15) is 11.1 Å². The highest BCUT2D eigenvalue weighted by atomic mass is 16.5. The Morgan fingerprint density at radius 3 is 2.70 bits per heavy atom. The zero-order valence-electron chi connectivity index (χ0n) is 14.9. The highest BCUT2D eigenvalue weighted by Gasteiger charge is 2.13. The summed E-state index contributed by atoms with van der Waals surface area (Å²) >= 11 is 0. The molecule has 0 aliphatic heterocycles. The van der Waals surface area contributed by atoms with E-state index < -0.39 is 18.5 Å². The van der Waals surface area contributed by atoms with Crippen LogP contribution in [0.2, 0.25) is 0 Å². The highest BCUT2D eigenvalue weighted by molar-refractivity contribution is 6.10. The Hall–Kier alpha value is -3.79. The van der Waals surface area contributed by atoms with Crippen LogP contribution in [0.4, 0.5) is 5.69 Å². The van der Waals surface area contributed by atoms with Crippen LogP contribution in [-0.4, -0.2) is 30.7 Å². The molecule has 0 spiro atoms. The molecular formula is C20H18N2O5. The minimum absolute atomic E-state index is 0.117. The summed E-state index contributed by atoms with van der Waals surface area (Å²) in [5.41, 5.74) is 1.80. The summed E-state index contributed by atoms with van der Waals surface area (Å²) in [4.78, 5) is 23.0. The molecule has 2 aromatic rings. The molecule has 0 bridgehead atoms. The van der Waals surface area contributed by atoms with Crippen LogP contribution in [0.5, 0.6) is 11.5 Å². The number of aliphatic carboxylic acids is 1. The third-order valence-corrected chi connectivity index (χ3v) is 3.50. The van der Waals surface area contributed by atoms with Crippen molar-refractivity contribution in [1.82, 2.24) is 0 Å². The fourth-order valence-electron chi connectivity index (χ4n) is 2.26. The number of hydrogen-bond donors (Lipinski definition) is 2. The fourth-order valence-corrected chi connectivity index (χ4v) is 2.26. The molecule has 27 heavy (non-hydrogen) atoms. The first-order chi connectivity index (χ1) is 12.9. The van der Waals surface area contributed by atoms with E-state index in [1.165, 1.54) is 13.2 Å². The predicted molar refractivity (Wildman–Crippen MR) is 99.5 cm³/mol. The molecule has 0 aliphatic carbocycles. The summed E-state index contributed by atoms with van der Waals surface area (Å²) < 4.78 is 10.3. The highest BCUT2D eigenvalue weighted by Crippen LogP contribution is 2.26. The third-order valence-electron chi connectivity index (χ3n) is 3.50. The standard InChI is InChI=1S/C20H18N2O5/c1-13-6-7-18(26-2)17(8-13)22-20(25)15(11-21)9-14-4-3-5-16(10-14)27-12-19(23)24/h3-10H,12H2,1-2H3,(H,22,25)(H,23,24)/b15-9+. The van der Waals surface area contributed by atoms with Gasteiger partial charge in [-0.3, -0.25) is 4.79 Å². The van der Waals surface area contributed by atoms with Gasteiger partial charge in [0.25, 0.3) is 5.91 Å². The van der Waals surface area contributed by atoms with E-state index in [0.717, 1.165) is 5.56 Å². The lowest BCUT2D eigenvalue weighted by molar-refractivity contribution is -0.139. The van der Waals surface area contributed by atoms with Gasteiger partial charge in [-0.15, -0.1) is 0 Å². The number of nitrogens with one attached hydrogen (secondary N) is 1. The topological polar surface area (TPSA) is 109 Å². The van der Waals surface area contributed by atoms with Crippen molar-refractivity contribution in [3.05, 3.63) is 59.2 Å². The summed E-state index contributed by atoms with van der Waals surface area (Å²) in [5, 5.41) is 20.7. The first-order valence-electron chi connectivity index (χ1n) is 7.95. The number of hydrogen-bond acceptors (Lipinski definition) is 5. The van der Waals surface area contributed by atoms with E-state index in [4.69, 9.17) is 14.6 Å². The number of anilines is 1. The molecule has 0 atom stereocenters. The molecule has 0 saturated carbocycles. The predicted octanol–water partition coefficient (Wildman–Crippen LogP) is 3.01. The summed E-state index contributed by atoms with van der Waals surface area (Å²) in [6, 6.07) is 13.6. The van der Waals surface area contributed by atoms with Gasteiger partial charge in [0.15, 0.2) is 6.61 Å². The average Bonchev–Trinajstić information content (AvgIpc) is 2.65. The maximum absolute atomic E-state index is 12.5. The second-order valence-corrected chi connectivity index (χ2v) is 5.58. The van der Waals surface area contributed by atoms with Crippen LogP contribution in [0.3, 0.4) is 0 Å². The Kier molecular flexibility index (Phi) is 6.55. The second-order valence-electron chi connectivity index (χ2n) is 5.58. The number of amides is 1. The van der Waals surface area contributed by atoms with Crippen molar-refractivity contribution in [3.8, 4) is 17.6 Å². The van der Waals surface area contributed by atoms with Crippen molar-refractivity contribution < 1.29 is 24.2 Å². The number of methoxy groups -OCH3 is 1. The lowest BCUT2D eigenvalue weighted by Crippen LogP contribution is -2.14. The van der Waals surface area contributed by atoms with Gasteiger partial charge in [-0.25, -0.2) is 4.79 Å². The van der Waals surface area contributed by atoms with Crippen molar-refractivity contribution in [2.24, 2.45) is 0 Å². The van der Waals surface area contributed by atoms with Gasteiger partial charge in [0.2, 0.25) is 0 Å². The van der Waals surface area contributed by atoms with Crippen LogP contribution in [0.25, 0.3) is 6.08 Å². The quantitative estimate of drug-likeness (QED) is 0.576. The van der Waals surface area contributed by atoms with Gasteiger partial charge >= 0.3 is 5.97 Å². The zero-order chi connectivity index (χ0) is 19.8. The minimum atomic E-state index is -1.10. The molecule has 0 aliphatic rings. The lowest BCUT2D eigenvalue weighted by Gasteiger charge is -2.10. The number of carboxylic acids is 1. The lowest BCUT2D eigenvalue weighted by atomic mass is 10.1. The van der Waals surface area contributed by atoms with E-state index in [1.54, 1.807) is 36.4 Å². The largest absolute Gasteiger partial charge is 0.495 e. The van der Waals surface area contributed by atoms with Crippen LogP contribution < -0.4 is 14.8 Å². The molecule has 7 heteroatoms. The van der Waals surface area contributed by atoms with Gasteiger partial charge in [-0.1, -0.05) is 18.2 Å². The molecule has 2 N–H and O–H groups in total. The average molecular weight is 366 g/mol. The molecule has 0 fully saturated rings. The van der Waals surface area contributed by atoms with Crippen LogP contribution in [-0.2, 0) is 9.59 Å². The second kappa shape index (κ2) is 9.06. The van der Waals surface area contributed by atoms with Crippen molar-refractivity contribution in [3.63, 3.8) is 0 Å². The zero-order valence-corrected chi connectivity index (χ0v) is 14.9. The Bertz CT molecular complexity index is 928. The first kappa shape index (κ1) is 19.5. The molecule has 0 heterocycles. The fraction of sp³-hybridized carbons (Fsp3) is 0.150. The molecule has 2 rings (SSSR count). The maximum atomic E-state index is 12.5. The Labute approximate surface area is 156 Å². The van der Waals surface area contributed by atoms with E-state index in [-0.39, 0.29) is 5.57 Å². The number of nitriles is 1. The smallest absolute Gasteiger partial charge is 0.341 e. The first-order valence-corrected chi connectivity index (χ1v) is 7.95. The van der Waals surface area contributed by atoms with Crippen molar-refractivity contribution in [2.45, 2.75) is 6.92 Å². The van der Waals surface area contributed by atoms with E-state index in [9.17, 15) is 14.9 Å². The molecule has 0 saturated heterocycles. The molecule has 1 amide bonds. The van der Waals surface area contributed by atoms with Gasteiger partial charge in [0.1, 0.15) is 23.1 Å². The van der Waals surface area contributed by atoms with E-state index in [1.807, 2.05) is 19.1 Å². The van der Waals surface area contributed by atoms with E-state index >= 15 is 0 Å². The molecule has 0 radical (unpaired) electrons. The van der Waals surface area contributed by atoms with E-state index in [2.05, 4.69) is 5.32 Å². The number of carboxylic acid groups (broad SMARTS) is 1. The van der Waals surface area contributed by atoms with Gasteiger partial charge in [0, 0.05) is 0 Å². The number of benzene rings is 2. The van der Waals surface area contributed by atoms with Gasteiger partial charge in [-0.2, -0.15) is 5.26 Å². The summed E-state index contributed by atoms with van der Waals surface area (Å²) in [7, 11) is 1.49. The number of ether oxygens (including phenoxy) is 2. The molecule has 2 aromatic carbocycles. The van der Waals surface area contributed by atoms with Gasteiger partial charge in [-0.05, 0) is 48.4 Å². The van der Waals surface area contributed by atoms with Crippen molar-refractivity contribution in [2.75, 3.05) is 19.0 Å². The summed E-state index contributed by atoms with van der Waals surface area (Å²) in [6.45, 7) is 1.39. The Balaban J connectivity index is 2.22. The number of aryl methyl sites for hydroxylation is 1. The normalized spacial score (nSPS) is 10.6. The van der Waals surface area contributed by atoms with Crippen LogP contribution in [0, 0.1) is 18.3 Å². The Morgan fingerprint density at radius 2 is 2.04 bits per heavy atom. The molecular weight excluding hydrogens is 348 g/mol. The van der Waals surface area contributed by atoms with Gasteiger partial charge in [0.05, 0.1) is 12.8 Å². The maximum Gasteiger partial charge on any atom is 0.341 e. The molecule has 7 nitrogen and oxygen atoms in total. The van der Waals surface area contributed by atoms with Crippen LogP contribution in [0.15, 0.2) is 48.0 Å². The van der Waals surface area contributed by atoms with Crippen molar-refractivity contribution >= 4 is 23.6 Å². The molecule has 0 unspecified atom stereocenters. The monoisotopic (exact) mass is 366 g/mol. The third kappa shape index (κ3) is 5.61. The number of carbonyl (C=O) groups excluding carboxylic acids is 1. The minimum Gasteiger partial charge on any atom is -0.495 e. The summed E-state index contributed by atoms with van der Waals surface area (Å²) in [6.07, 6.45) is 1.39. The van der Waals surface area contributed by atoms with E-state index in [0.29, 0.717) is 22.7 Å². The van der Waals surface area contributed by atoms with Crippen molar-refractivity contribution in [1.29, 1.82) is 5.26 Å². The number of rotatable bonds is 7.